The van der Waals surface area contributed by atoms with Crippen LogP contribution in [0.15, 0.2) is 53.0 Å². The number of methoxy groups -OCH3 is 1. The fourth-order valence-electron chi connectivity index (χ4n) is 3.77. The molecule has 3 heterocycles. The molecule has 1 amide bonds. The summed E-state index contributed by atoms with van der Waals surface area (Å²) in [6.45, 7) is 1.79. The number of pyridine rings is 1. The van der Waals surface area contributed by atoms with Gasteiger partial charge in [-0.2, -0.15) is 10.2 Å². The lowest BCUT2D eigenvalue weighted by molar-refractivity contribution is -0.117. The van der Waals surface area contributed by atoms with E-state index in [4.69, 9.17) is 9.47 Å². The SMILES string of the molecule is COc1ccccc1Oc1nc2c(C)cccn2c(=O)c1/C=C(\C#N)C(=O)N[C@H]1CCS(=O)(=O)C1. The Kier molecular flexibility index (Phi) is 6.57. The van der Waals surface area contributed by atoms with Crippen LogP contribution >= 0.6 is 0 Å². The van der Waals surface area contributed by atoms with Gasteiger partial charge in [-0.05, 0) is 43.2 Å². The van der Waals surface area contributed by atoms with E-state index in [9.17, 15) is 23.3 Å². The molecule has 1 aliphatic rings. The zero-order valence-corrected chi connectivity index (χ0v) is 19.8. The number of sulfone groups is 1. The molecule has 10 nitrogen and oxygen atoms in total. The molecule has 2 aromatic heterocycles. The number of ether oxygens (including phenoxy) is 2. The van der Waals surface area contributed by atoms with Gasteiger partial charge in [-0.15, -0.1) is 0 Å². The van der Waals surface area contributed by atoms with E-state index in [0.717, 1.165) is 6.08 Å². The fraction of sp³-hybridized carbons (Fsp3) is 0.250. The van der Waals surface area contributed by atoms with Crippen LogP contribution in [0.2, 0.25) is 0 Å². The minimum Gasteiger partial charge on any atom is -0.493 e. The first kappa shape index (κ1) is 24.0. The summed E-state index contributed by atoms with van der Waals surface area (Å²) in [5.74, 6) is -0.442. The number of aromatic nitrogens is 2. The number of fused-ring (bicyclic) bond motifs is 1. The maximum atomic E-state index is 13.4. The van der Waals surface area contributed by atoms with E-state index in [1.807, 2.05) is 0 Å². The summed E-state index contributed by atoms with van der Waals surface area (Å²) in [6.07, 6.45) is 2.89. The van der Waals surface area contributed by atoms with Crippen molar-refractivity contribution >= 4 is 27.5 Å². The molecule has 0 radical (unpaired) electrons. The maximum absolute atomic E-state index is 13.4. The van der Waals surface area contributed by atoms with Crippen LogP contribution < -0.4 is 20.3 Å². The van der Waals surface area contributed by atoms with Crippen molar-refractivity contribution in [3.63, 3.8) is 0 Å². The number of hydrogen-bond acceptors (Lipinski definition) is 8. The summed E-state index contributed by atoms with van der Waals surface area (Å²) in [6, 6.07) is 11.4. The number of nitrogens with zero attached hydrogens (tertiary/aromatic N) is 3. The van der Waals surface area contributed by atoms with Gasteiger partial charge in [0, 0.05) is 12.2 Å². The lowest BCUT2D eigenvalue weighted by atomic mass is 10.1. The summed E-state index contributed by atoms with van der Waals surface area (Å²) in [5.41, 5.74) is 0.00684. The van der Waals surface area contributed by atoms with Gasteiger partial charge in [0.15, 0.2) is 21.3 Å². The molecule has 0 bridgehead atoms. The molecule has 1 N–H and O–H groups in total. The van der Waals surface area contributed by atoms with Crippen LogP contribution in [0, 0.1) is 18.3 Å². The number of nitriles is 1. The van der Waals surface area contributed by atoms with Crippen LogP contribution in [-0.2, 0) is 14.6 Å². The Balaban J connectivity index is 1.81. The number of carbonyl (C=O) groups is 1. The van der Waals surface area contributed by atoms with Crippen molar-refractivity contribution in [2.24, 2.45) is 0 Å². The predicted octanol–water partition coefficient (Wildman–Crippen LogP) is 2.01. The molecule has 4 rings (SSSR count). The van der Waals surface area contributed by atoms with Gasteiger partial charge in [0.25, 0.3) is 11.5 Å². The second kappa shape index (κ2) is 9.60. The fourth-order valence-corrected chi connectivity index (χ4v) is 5.44. The highest BCUT2D eigenvalue weighted by atomic mass is 32.2. The van der Waals surface area contributed by atoms with E-state index in [1.54, 1.807) is 49.4 Å². The van der Waals surface area contributed by atoms with Crippen LogP contribution in [0.1, 0.15) is 17.5 Å². The van der Waals surface area contributed by atoms with E-state index in [1.165, 1.54) is 17.7 Å². The first-order valence-corrected chi connectivity index (χ1v) is 12.5. The van der Waals surface area contributed by atoms with E-state index in [-0.39, 0.29) is 40.7 Å². The van der Waals surface area contributed by atoms with Crippen LogP contribution in [0.5, 0.6) is 17.4 Å². The molecule has 35 heavy (non-hydrogen) atoms. The molecule has 1 aromatic carbocycles. The molecular formula is C24H22N4O6S. The summed E-state index contributed by atoms with van der Waals surface area (Å²) >= 11 is 0. The van der Waals surface area contributed by atoms with Gasteiger partial charge in [-0.1, -0.05) is 18.2 Å². The summed E-state index contributed by atoms with van der Waals surface area (Å²) < 4.78 is 36.0. The average Bonchev–Trinajstić information content (AvgIpc) is 3.17. The van der Waals surface area contributed by atoms with E-state index in [2.05, 4.69) is 10.3 Å². The summed E-state index contributed by atoms with van der Waals surface area (Å²) in [5, 5.41) is 12.2. The molecule has 0 saturated carbocycles. The van der Waals surface area contributed by atoms with Crippen LogP contribution in [-0.4, -0.2) is 48.4 Å². The molecule has 0 spiro atoms. The quantitative estimate of drug-likeness (QED) is 0.405. The Morgan fingerprint density at radius 1 is 1.26 bits per heavy atom. The normalized spacial score (nSPS) is 17.1. The number of amides is 1. The van der Waals surface area contributed by atoms with Gasteiger partial charge >= 0.3 is 0 Å². The number of para-hydroxylation sites is 2. The highest BCUT2D eigenvalue weighted by Crippen LogP contribution is 2.32. The standard InChI is InChI=1S/C24H22N4O6S/c1-15-6-5-10-28-21(15)27-23(34-20-8-4-3-7-19(20)33-2)18(24(28)30)12-16(13-25)22(29)26-17-9-11-35(31,32)14-17/h3-8,10,12,17H,9,11,14H2,1-2H3,(H,26,29)/b16-12+/t17-/m0/s1. The van der Waals surface area contributed by atoms with E-state index in [0.29, 0.717) is 17.0 Å². The Labute approximate surface area is 201 Å². The average molecular weight is 495 g/mol. The predicted molar refractivity (Wildman–Crippen MR) is 128 cm³/mol. The molecule has 1 saturated heterocycles. The number of carbonyl (C=O) groups excluding carboxylic acids is 1. The van der Waals surface area contributed by atoms with Crippen molar-refractivity contribution in [1.82, 2.24) is 14.7 Å². The Bertz CT molecular complexity index is 1550. The zero-order valence-electron chi connectivity index (χ0n) is 19.0. The van der Waals surface area contributed by atoms with Crippen molar-refractivity contribution in [2.45, 2.75) is 19.4 Å². The minimum atomic E-state index is -3.23. The van der Waals surface area contributed by atoms with Crippen molar-refractivity contribution in [2.75, 3.05) is 18.6 Å². The third-order valence-electron chi connectivity index (χ3n) is 5.55. The van der Waals surface area contributed by atoms with Crippen molar-refractivity contribution in [3.8, 4) is 23.4 Å². The Morgan fingerprint density at radius 2 is 2.00 bits per heavy atom. The van der Waals surface area contributed by atoms with Gasteiger partial charge in [0.05, 0.1) is 18.6 Å². The molecule has 1 fully saturated rings. The molecule has 1 aliphatic heterocycles. The Hall–Kier alpha value is -4.17. The molecule has 1 atom stereocenters. The number of rotatable bonds is 6. The highest BCUT2D eigenvalue weighted by molar-refractivity contribution is 7.91. The van der Waals surface area contributed by atoms with Gasteiger partial charge in [0.2, 0.25) is 5.88 Å². The monoisotopic (exact) mass is 494 g/mol. The topological polar surface area (TPSA) is 140 Å². The van der Waals surface area contributed by atoms with Crippen LogP contribution in [0.4, 0.5) is 0 Å². The molecule has 3 aromatic rings. The van der Waals surface area contributed by atoms with Crippen LogP contribution in [0.3, 0.4) is 0 Å². The first-order valence-electron chi connectivity index (χ1n) is 10.7. The lowest BCUT2D eigenvalue weighted by Crippen LogP contribution is -2.36. The van der Waals surface area contributed by atoms with Crippen molar-refractivity contribution in [1.29, 1.82) is 5.26 Å². The third-order valence-corrected chi connectivity index (χ3v) is 7.31. The van der Waals surface area contributed by atoms with Gasteiger partial charge in [-0.25, -0.2) is 8.42 Å². The number of nitrogens with one attached hydrogen (secondary N) is 1. The Morgan fingerprint density at radius 3 is 2.66 bits per heavy atom. The van der Waals surface area contributed by atoms with E-state index < -0.39 is 27.3 Å². The minimum absolute atomic E-state index is 0.0320. The second-order valence-electron chi connectivity index (χ2n) is 8.02. The number of hydrogen-bond donors (Lipinski definition) is 1. The molecule has 0 aliphatic carbocycles. The lowest BCUT2D eigenvalue weighted by Gasteiger charge is -2.14. The van der Waals surface area contributed by atoms with Crippen molar-refractivity contribution in [3.05, 3.63) is 69.6 Å². The summed E-state index contributed by atoms with van der Waals surface area (Å²) in [4.78, 5) is 30.6. The summed E-state index contributed by atoms with van der Waals surface area (Å²) in [7, 11) is -1.76. The smallest absolute Gasteiger partial charge is 0.269 e. The maximum Gasteiger partial charge on any atom is 0.269 e. The van der Waals surface area contributed by atoms with E-state index >= 15 is 0 Å². The highest BCUT2D eigenvalue weighted by Gasteiger charge is 2.30. The second-order valence-corrected chi connectivity index (χ2v) is 10.2. The third kappa shape index (κ3) is 5.02. The van der Waals surface area contributed by atoms with Gasteiger partial charge < -0.3 is 14.8 Å². The van der Waals surface area contributed by atoms with Crippen LogP contribution in [0.25, 0.3) is 11.7 Å². The first-order chi connectivity index (χ1) is 16.7. The van der Waals surface area contributed by atoms with Gasteiger partial charge in [-0.3, -0.25) is 14.0 Å². The largest absolute Gasteiger partial charge is 0.493 e. The van der Waals surface area contributed by atoms with Crippen molar-refractivity contribution < 1.29 is 22.7 Å². The van der Waals surface area contributed by atoms with Gasteiger partial charge in [0.1, 0.15) is 22.9 Å². The molecule has 180 valence electrons. The molecule has 0 unspecified atom stereocenters. The zero-order chi connectivity index (χ0) is 25.2. The number of aryl methyl sites for hydroxylation is 1. The molecular weight excluding hydrogens is 472 g/mol. The molecule has 11 heteroatoms. The number of benzene rings is 1.